The second kappa shape index (κ2) is 11.1. The van der Waals surface area contributed by atoms with Crippen molar-refractivity contribution in [2.45, 2.75) is 44.7 Å². The lowest BCUT2D eigenvalue weighted by Gasteiger charge is -2.28. The molecule has 2 aromatic carbocycles. The van der Waals surface area contributed by atoms with E-state index in [1.807, 2.05) is 13.8 Å². The van der Waals surface area contributed by atoms with Gasteiger partial charge in [0.25, 0.3) is 5.91 Å². The molecule has 9 nitrogen and oxygen atoms in total. The van der Waals surface area contributed by atoms with E-state index in [4.69, 9.17) is 13.3 Å². The molecule has 0 aliphatic heterocycles. The Morgan fingerprint density at radius 1 is 1.09 bits per heavy atom. The van der Waals surface area contributed by atoms with E-state index in [2.05, 4.69) is 5.32 Å². The van der Waals surface area contributed by atoms with Gasteiger partial charge in [0.05, 0.1) is 13.4 Å². The molecule has 0 aliphatic carbocycles. The maximum absolute atomic E-state index is 13.0. The Morgan fingerprint density at radius 2 is 1.80 bits per heavy atom. The molecule has 0 unspecified atom stereocenters. The van der Waals surface area contributed by atoms with Crippen molar-refractivity contribution in [3.05, 3.63) is 72.2 Å². The summed E-state index contributed by atoms with van der Waals surface area (Å²) in [4.78, 5) is 25.7. The molecule has 35 heavy (non-hydrogen) atoms. The number of amides is 2. The quantitative estimate of drug-likeness (QED) is 0.409. The van der Waals surface area contributed by atoms with Crippen LogP contribution in [0.1, 0.15) is 43.3 Å². The summed E-state index contributed by atoms with van der Waals surface area (Å²) in [5.41, 5.74) is 1.11. The van der Waals surface area contributed by atoms with Crippen LogP contribution in [0, 0.1) is 0 Å². The minimum Gasteiger partial charge on any atom is -0.493 e. The summed E-state index contributed by atoms with van der Waals surface area (Å²) in [6.45, 7) is 5.47. The summed E-state index contributed by atoms with van der Waals surface area (Å²) in [5, 5.41) is 2.58. The minimum atomic E-state index is -4.20. The number of ether oxygens (including phenoxy) is 1. The van der Waals surface area contributed by atoms with Crippen LogP contribution in [0.4, 0.5) is 5.69 Å². The van der Waals surface area contributed by atoms with E-state index < -0.39 is 10.1 Å². The average molecular weight is 501 g/mol. The lowest BCUT2D eigenvalue weighted by molar-refractivity contribution is -0.114. The van der Waals surface area contributed by atoms with Gasteiger partial charge >= 0.3 is 10.1 Å². The van der Waals surface area contributed by atoms with E-state index in [0.29, 0.717) is 11.3 Å². The zero-order chi connectivity index (χ0) is 25.6. The molecule has 3 aromatic rings. The van der Waals surface area contributed by atoms with Crippen LogP contribution >= 0.6 is 0 Å². The molecule has 3 rings (SSSR count). The number of methoxy groups -OCH3 is 1. The third-order valence-corrected chi connectivity index (χ3v) is 6.61. The van der Waals surface area contributed by atoms with Gasteiger partial charge in [-0.3, -0.25) is 9.59 Å². The maximum Gasteiger partial charge on any atom is 0.339 e. The lowest BCUT2D eigenvalue weighted by Crippen LogP contribution is -2.37. The van der Waals surface area contributed by atoms with Gasteiger partial charge in [0, 0.05) is 25.2 Å². The number of anilines is 1. The van der Waals surface area contributed by atoms with Crippen LogP contribution in [-0.2, 0) is 21.5 Å². The van der Waals surface area contributed by atoms with Gasteiger partial charge in [-0.2, -0.15) is 8.42 Å². The van der Waals surface area contributed by atoms with Crippen LogP contribution in [0.2, 0.25) is 0 Å². The number of furan rings is 1. The minimum absolute atomic E-state index is 0.00881. The van der Waals surface area contributed by atoms with Gasteiger partial charge in [0.15, 0.2) is 17.3 Å². The highest BCUT2D eigenvalue weighted by Gasteiger charge is 2.24. The number of rotatable bonds is 10. The summed E-state index contributed by atoms with van der Waals surface area (Å²) in [6.07, 6.45) is 2.16. The van der Waals surface area contributed by atoms with Crippen molar-refractivity contribution in [1.29, 1.82) is 0 Å². The fourth-order valence-corrected chi connectivity index (χ4v) is 4.28. The fraction of sp³-hybridized carbons (Fsp3) is 0.280. The standard InChI is InChI=1S/C25H28N2O7S/c1-5-17(2)27(25(29)23-7-6-14-33-23)16-19-8-13-22(32-4)24(15-19)34-35(30,31)21-11-9-20(10-12-21)26-18(3)28/h6-15,17H,5,16H2,1-4H3,(H,26,28)/t17-/m1/s1. The fourth-order valence-electron chi connectivity index (χ4n) is 3.35. The summed E-state index contributed by atoms with van der Waals surface area (Å²) >= 11 is 0. The average Bonchev–Trinajstić information content (AvgIpc) is 3.36. The van der Waals surface area contributed by atoms with Gasteiger partial charge in [0.2, 0.25) is 5.91 Å². The van der Waals surface area contributed by atoms with Crippen LogP contribution < -0.4 is 14.2 Å². The summed E-state index contributed by atoms with van der Waals surface area (Å²) < 4.78 is 41.8. The molecule has 1 atom stereocenters. The first kappa shape index (κ1) is 25.8. The Morgan fingerprint density at radius 3 is 2.37 bits per heavy atom. The van der Waals surface area contributed by atoms with Gasteiger partial charge in [-0.1, -0.05) is 13.0 Å². The SMILES string of the molecule is CC[C@@H](C)N(Cc1ccc(OC)c(OS(=O)(=O)c2ccc(NC(C)=O)cc2)c1)C(=O)c1ccco1. The third kappa shape index (κ3) is 6.42. The van der Waals surface area contributed by atoms with E-state index >= 15 is 0 Å². The highest BCUT2D eigenvalue weighted by Crippen LogP contribution is 2.32. The molecule has 1 N–H and O–H groups in total. The molecule has 10 heteroatoms. The molecule has 0 aliphatic rings. The number of carbonyl (C=O) groups is 2. The van der Waals surface area contributed by atoms with E-state index in [-0.39, 0.29) is 46.6 Å². The molecule has 2 amide bonds. The van der Waals surface area contributed by atoms with Crippen LogP contribution in [0.5, 0.6) is 11.5 Å². The van der Waals surface area contributed by atoms with Crippen molar-refractivity contribution in [2.75, 3.05) is 12.4 Å². The Hall–Kier alpha value is -3.79. The number of benzene rings is 2. The number of hydrogen-bond acceptors (Lipinski definition) is 7. The second-order valence-corrected chi connectivity index (χ2v) is 9.44. The first-order valence-electron chi connectivity index (χ1n) is 11.0. The predicted molar refractivity (Wildman–Crippen MR) is 130 cm³/mol. The van der Waals surface area contributed by atoms with Crippen molar-refractivity contribution < 1.29 is 31.3 Å². The smallest absolute Gasteiger partial charge is 0.339 e. The monoisotopic (exact) mass is 500 g/mol. The number of nitrogens with one attached hydrogen (secondary N) is 1. The topological polar surface area (TPSA) is 115 Å². The van der Waals surface area contributed by atoms with Crippen molar-refractivity contribution in [2.24, 2.45) is 0 Å². The second-order valence-electron chi connectivity index (χ2n) is 7.90. The van der Waals surface area contributed by atoms with Gasteiger partial charge in [0.1, 0.15) is 4.90 Å². The Balaban J connectivity index is 1.87. The molecular formula is C25H28N2O7S. The molecule has 1 aromatic heterocycles. The molecule has 186 valence electrons. The Bertz CT molecular complexity index is 1270. The lowest BCUT2D eigenvalue weighted by atomic mass is 10.1. The molecule has 0 saturated carbocycles. The van der Waals surface area contributed by atoms with Gasteiger partial charge in [-0.25, -0.2) is 0 Å². The predicted octanol–water partition coefficient (Wildman–Crippen LogP) is 4.46. The molecule has 0 spiro atoms. The van der Waals surface area contributed by atoms with E-state index in [1.165, 1.54) is 50.6 Å². The van der Waals surface area contributed by atoms with E-state index in [1.54, 1.807) is 29.2 Å². The van der Waals surface area contributed by atoms with Crippen molar-refractivity contribution in [3.63, 3.8) is 0 Å². The first-order chi connectivity index (χ1) is 16.6. The van der Waals surface area contributed by atoms with E-state index in [0.717, 1.165) is 6.42 Å². The van der Waals surface area contributed by atoms with Crippen LogP contribution in [0.15, 0.2) is 70.2 Å². The zero-order valence-electron chi connectivity index (χ0n) is 20.0. The number of hydrogen-bond donors (Lipinski definition) is 1. The third-order valence-electron chi connectivity index (χ3n) is 5.36. The molecular weight excluding hydrogens is 472 g/mol. The molecule has 0 bridgehead atoms. The molecule has 0 radical (unpaired) electrons. The normalized spacial score (nSPS) is 12.0. The van der Waals surface area contributed by atoms with Crippen LogP contribution in [0.3, 0.4) is 0 Å². The Kier molecular flexibility index (Phi) is 8.18. The summed E-state index contributed by atoms with van der Waals surface area (Å²) in [7, 11) is -2.79. The Labute approximate surface area is 204 Å². The van der Waals surface area contributed by atoms with E-state index in [9.17, 15) is 18.0 Å². The van der Waals surface area contributed by atoms with Crippen LogP contribution in [-0.4, -0.2) is 38.3 Å². The van der Waals surface area contributed by atoms with Crippen molar-refractivity contribution in [3.8, 4) is 11.5 Å². The summed E-state index contributed by atoms with van der Waals surface area (Å²) in [6, 6.07) is 13.6. The van der Waals surface area contributed by atoms with Gasteiger partial charge in [-0.05, 0) is 67.4 Å². The van der Waals surface area contributed by atoms with Crippen molar-refractivity contribution >= 4 is 27.6 Å². The highest BCUT2D eigenvalue weighted by molar-refractivity contribution is 7.87. The van der Waals surface area contributed by atoms with Crippen LogP contribution in [0.25, 0.3) is 0 Å². The number of nitrogens with zero attached hydrogens (tertiary/aromatic N) is 1. The highest BCUT2D eigenvalue weighted by atomic mass is 32.2. The zero-order valence-corrected chi connectivity index (χ0v) is 20.8. The van der Waals surface area contributed by atoms with Gasteiger partial charge in [-0.15, -0.1) is 0 Å². The molecule has 0 fully saturated rings. The van der Waals surface area contributed by atoms with Crippen molar-refractivity contribution in [1.82, 2.24) is 4.90 Å². The largest absolute Gasteiger partial charge is 0.493 e. The number of carbonyl (C=O) groups excluding carboxylic acids is 2. The molecule has 1 heterocycles. The maximum atomic E-state index is 13.0. The summed E-state index contributed by atoms with van der Waals surface area (Å²) in [5.74, 6) is -0.101. The molecule has 0 saturated heterocycles. The van der Waals surface area contributed by atoms with Gasteiger partial charge < -0.3 is 23.6 Å². The first-order valence-corrected chi connectivity index (χ1v) is 12.4.